The Hall–Kier alpha value is -11.4. The molecule has 0 amide bonds. The molecule has 15 aromatic rings. The van der Waals surface area contributed by atoms with Crippen LogP contribution in [0, 0.1) is 0 Å². The van der Waals surface area contributed by atoms with Crippen LogP contribution in [0.2, 0.25) is 0 Å². The molecule has 0 unspecified atom stereocenters. The average Bonchev–Trinajstić information content (AvgIpc) is 1.61. The molecule has 12 aromatic carbocycles. The summed E-state index contributed by atoms with van der Waals surface area (Å²) < 4.78 is 7.91. The second kappa shape index (κ2) is 52.9. The van der Waals surface area contributed by atoms with Gasteiger partial charge in [-0.15, -0.1) is 0 Å². The van der Waals surface area contributed by atoms with Crippen LogP contribution in [0.1, 0.15) is 335 Å². The van der Waals surface area contributed by atoms with Crippen LogP contribution < -0.4 is 9.80 Å². The first kappa shape index (κ1) is 96.2. The number of nitrogens with zero attached hydrogens (tertiary/aromatic N) is 5. The summed E-state index contributed by atoms with van der Waals surface area (Å²) in [5.41, 5.74) is 24.4. The predicted octanol–water partition coefficient (Wildman–Crippen LogP) is 40.1. The third-order valence-electron chi connectivity index (χ3n) is 28.2. The summed E-state index contributed by atoms with van der Waals surface area (Å²) in [6, 6.07) is 104. The van der Waals surface area contributed by atoms with Crippen molar-refractivity contribution in [3.05, 3.63) is 324 Å². The number of hydrogen-bond donors (Lipinski definition) is 0. The van der Waals surface area contributed by atoms with Crippen LogP contribution >= 0.6 is 0 Å². The third kappa shape index (κ3) is 27.9. The Bertz CT molecular complexity index is 5650. The van der Waals surface area contributed by atoms with Gasteiger partial charge in [0.15, 0.2) is 0 Å². The van der Waals surface area contributed by atoms with Crippen molar-refractivity contribution in [2.75, 3.05) is 9.80 Å². The Morgan fingerprint density at radius 3 is 0.489 bits per heavy atom. The Labute approximate surface area is 799 Å². The largest absolute Gasteiger partial charge is 0.340 e. The summed E-state index contributed by atoms with van der Waals surface area (Å²) in [6.45, 7) is 10.0. The molecular formula is C128H153N5. The minimum Gasteiger partial charge on any atom is -0.340 e. The van der Waals surface area contributed by atoms with Crippen molar-refractivity contribution in [1.82, 2.24) is 13.7 Å². The first-order chi connectivity index (χ1) is 65.9. The number of aromatic nitrogens is 3. The number of unbranched alkanes of at least 4 members (excludes halogenated alkanes) is 39. The van der Waals surface area contributed by atoms with Crippen LogP contribution in [-0.4, -0.2) is 13.7 Å². The van der Waals surface area contributed by atoms with Crippen LogP contribution in [0.5, 0.6) is 0 Å². The number of hydrogen-bond acceptors (Lipinski definition) is 2. The summed E-state index contributed by atoms with van der Waals surface area (Å²) in [5.74, 6) is 0. The molecule has 3 heterocycles. The van der Waals surface area contributed by atoms with Gasteiger partial charge in [0.25, 0.3) is 0 Å². The number of aryl methyl sites for hydroxylation is 3. The molecule has 0 fully saturated rings. The van der Waals surface area contributed by atoms with Gasteiger partial charge in [-0.1, -0.05) is 453 Å². The number of fused-ring (bicyclic) bond motifs is 9. The maximum atomic E-state index is 2.65. The molecule has 0 aliphatic rings. The van der Waals surface area contributed by atoms with E-state index in [-0.39, 0.29) is 0 Å². The van der Waals surface area contributed by atoms with E-state index in [0.29, 0.717) is 0 Å². The van der Waals surface area contributed by atoms with Crippen molar-refractivity contribution in [3.8, 4) is 0 Å². The molecule has 0 spiro atoms. The maximum Gasteiger partial charge on any atom is 0.0491 e. The summed E-state index contributed by atoms with van der Waals surface area (Å²) in [6.07, 6.45) is 75.8. The molecule has 5 heteroatoms. The van der Waals surface area contributed by atoms with E-state index in [0.717, 1.165) is 53.8 Å². The second-order valence-corrected chi connectivity index (χ2v) is 38.4. The molecular weight excluding hydrogens is 1610 g/mol. The number of benzene rings is 12. The Morgan fingerprint density at radius 2 is 0.308 bits per heavy atom. The standard InChI is InChI=1S/C128H153N5/c1-4-7-10-13-16-19-22-25-28-31-34-37-40-55-94-129-123-88-78-105(68-66-103-74-84-115(85-75-103)132(111-58-47-43-48-59-111)112-60-49-44-50-61-112)97-117(123)119-99-107(80-90-125(119)129)70-72-109-82-92-127-121(101-109)122-102-110(83-93-128(122)131(127)96-57-42-39-36-33-30-27-24-21-18-15-12-9-6-3)73-71-108-81-91-126-120(100-108)118-98-106(79-89-124(118)130(126)95-56-41-38-35-32-29-26-23-20-17-14-11-8-5-2)69-67-104-76-86-116(87-77-104)133(113-62-51-45-52-63-113)114-64-53-46-54-65-114/h43-54,58-93,97-102H,4-42,55-57,94-96H2,1-3H3/b68-66+,69-67+,72-70+,73-71+. The lowest BCUT2D eigenvalue weighted by atomic mass is 10.0. The number of para-hydroxylation sites is 4. The first-order valence-electron chi connectivity index (χ1n) is 52.9. The number of anilines is 6. The fourth-order valence-electron chi connectivity index (χ4n) is 20.6. The minimum absolute atomic E-state index is 1.02. The summed E-state index contributed by atoms with van der Waals surface area (Å²) in [7, 11) is 0. The monoisotopic (exact) mass is 1760 g/mol. The molecule has 690 valence electrons. The summed E-state index contributed by atoms with van der Waals surface area (Å²) >= 11 is 0. The zero-order valence-corrected chi connectivity index (χ0v) is 81.2. The SMILES string of the molecule is CCCCCCCCCCCCCCCCn1c2ccc(/C=C/c3ccc(N(c4ccccc4)c4ccccc4)cc3)cc2c2cc(/C=C/c3ccc4c(c3)c3cc(/C=C/c5ccc6c(c5)c5cc(/C=C/c7ccc(N(c8ccccc8)c8ccccc8)cc7)ccc5n6CCCCCCCCCCCCCCCC)ccc3n4CCCCCCCCCCCCCCCC)ccc21. The van der Waals surface area contributed by atoms with E-state index < -0.39 is 0 Å². The highest BCUT2D eigenvalue weighted by Crippen LogP contribution is 2.41. The van der Waals surface area contributed by atoms with E-state index >= 15 is 0 Å². The molecule has 5 nitrogen and oxygen atoms in total. The van der Waals surface area contributed by atoms with Gasteiger partial charge in [0.05, 0.1) is 0 Å². The van der Waals surface area contributed by atoms with Gasteiger partial charge in [0, 0.05) is 119 Å². The van der Waals surface area contributed by atoms with Gasteiger partial charge >= 0.3 is 0 Å². The minimum atomic E-state index is 1.02. The highest BCUT2D eigenvalue weighted by atomic mass is 15.1. The lowest BCUT2D eigenvalue weighted by Crippen LogP contribution is -2.09. The fraction of sp³-hybridized carbons (Fsp3) is 0.375. The van der Waals surface area contributed by atoms with Gasteiger partial charge < -0.3 is 23.5 Å². The van der Waals surface area contributed by atoms with Gasteiger partial charge in [0.1, 0.15) is 0 Å². The molecule has 0 atom stereocenters. The van der Waals surface area contributed by atoms with Crippen molar-refractivity contribution >= 4 is 148 Å². The number of rotatable bonds is 59. The van der Waals surface area contributed by atoms with Gasteiger partial charge in [-0.3, -0.25) is 0 Å². The molecule has 133 heavy (non-hydrogen) atoms. The quantitative estimate of drug-likeness (QED) is 0.0280. The van der Waals surface area contributed by atoms with Crippen LogP contribution in [0.3, 0.4) is 0 Å². The van der Waals surface area contributed by atoms with E-state index in [4.69, 9.17) is 0 Å². The van der Waals surface area contributed by atoms with E-state index in [2.05, 4.69) is 372 Å². The predicted molar refractivity (Wildman–Crippen MR) is 587 cm³/mol. The molecule has 0 aliphatic carbocycles. The van der Waals surface area contributed by atoms with Crippen molar-refractivity contribution in [2.45, 2.75) is 310 Å². The highest BCUT2D eigenvalue weighted by molar-refractivity contribution is 6.12. The maximum absolute atomic E-state index is 2.65. The van der Waals surface area contributed by atoms with Gasteiger partial charge in [-0.05, 0) is 209 Å². The molecule has 0 N–H and O–H groups in total. The first-order valence-corrected chi connectivity index (χ1v) is 52.9. The molecule has 0 radical (unpaired) electrons. The molecule has 15 rings (SSSR count). The van der Waals surface area contributed by atoms with Crippen LogP contribution in [0.4, 0.5) is 34.1 Å². The Kier molecular flexibility index (Phi) is 38.2. The molecule has 3 aromatic heterocycles. The lowest BCUT2D eigenvalue weighted by Gasteiger charge is -2.25. The van der Waals surface area contributed by atoms with E-state index in [1.54, 1.807) is 0 Å². The van der Waals surface area contributed by atoms with E-state index in [1.807, 2.05) is 0 Å². The molecule has 0 saturated carbocycles. The van der Waals surface area contributed by atoms with E-state index in [9.17, 15) is 0 Å². The fourth-order valence-corrected chi connectivity index (χ4v) is 20.6. The van der Waals surface area contributed by atoms with Gasteiger partial charge in [-0.2, -0.15) is 0 Å². The summed E-state index contributed by atoms with van der Waals surface area (Å²) in [4.78, 5) is 4.66. The van der Waals surface area contributed by atoms with Crippen molar-refractivity contribution in [3.63, 3.8) is 0 Å². The normalized spacial score (nSPS) is 12.1. The van der Waals surface area contributed by atoms with Crippen molar-refractivity contribution in [1.29, 1.82) is 0 Å². The van der Waals surface area contributed by atoms with Gasteiger partial charge in [0.2, 0.25) is 0 Å². The lowest BCUT2D eigenvalue weighted by molar-refractivity contribution is 0.528. The van der Waals surface area contributed by atoms with Crippen LogP contribution in [-0.2, 0) is 19.6 Å². The highest BCUT2D eigenvalue weighted by Gasteiger charge is 2.19. The van der Waals surface area contributed by atoms with E-state index in [1.165, 1.54) is 380 Å². The topological polar surface area (TPSA) is 21.3 Å². The van der Waals surface area contributed by atoms with Crippen molar-refractivity contribution < 1.29 is 0 Å². The zero-order chi connectivity index (χ0) is 90.9. The average molecular weight is 1760 g/mol. The second-order valence-electron chi connectivity index (χ2n) is 38.4. The van der Waals surface area contributed by atoms with Crippen LogP contribution in [0.15, 0.2) is 279 Å². The smallest absolute Gasteiger partial charge is 0.0491 e. The molecule has 0 saturated heterocycles. The van der Waals surface area contributed by atoms with Crippen LogP contribution in [0.25, 0.3) is 114 Å². The van der Waals surface area contributed by atoms with Crippen molar-refractivity contribution in [2.24, 2.45) is 0 Å². The third-order valence-corrected chi connectivity index (χ3v) is 28.2. The summed E-state index contributed by atoms with van der Waals surface area (Å²) in [5, 5.41) is 7.92. The molecule has 0 bridgehead atoms. The zero-order valence-electron chi connectivity index (χ0n) is 81.2. The Balaban J connectivity index is 0.688. The molecule has 0 aliphatic heterocycles. The Morgan fingerprint density at radius 1 is 0.158 bits per heavy atom. The van der Waals surface area contributed by atoms with Gasteiger partial charge in [-0.25, -0.2) is 0 Å².